The van der Waals surface area contributed by atoms with Crippen LogP contribution in [-0.2, 0) is 41.4 Å². The quantitative estimate of drug-likeness (QED) is 0.0538. The number of benzene rings is 6. The lowest BCUT2D eigenvalue weighted by Gasteiger charge is -2.30. The molecule has 538 valence electrons. The molecular formula is C73H71Cl6N11O10S3. The Morgan fingerprint density at radius 3 is 1.09 bits per heavy atom. The van der Waals surface area contributed by atoms with Gasteiger partial charge in [0, 0.05) is 104 Å². The van der Waals surface area contributed by atoms with E-state index in [2.05, 4.69) is 35.8 Å². The van der Waals surface area contributed by atoms with Crippen LogP contribution in [-0.4, -0.2) is 139 Å². The first-order valence-electron chi connectivity index (χ1n) is 31.8. The molecule has 10 aromatic rings. The molecule has 6 aromatic carbocycles. The van der Waals surface area contributed by atoms with E-state index in [1.165, 1.54) is 49.3 Å². The number of hydrogen-bond donors (Lipinski definition) is 3. The molecule has 21 nitrogen and oxygen atoms in total. The summed E-state index contributed by atoms with van der Waals surface area (Å²) < 4.78 is 85.3. The molecule has 1 saturated heterocycles. The van der Waals surface area contributed by atoms with Gasteiger partial charge in [0.05, 0.1) is 119 Å². The normalized spacial score (nSPS) is 12.4. The average molecular weight is 1570 g/mol. The Labute approximate surface area is 629 Å². The van der Waals surface area contributed by atoms with Gasteiger partial charge in [0.25, 0.3) is 17.7 Å². The summed E-state index contributed by atoms with van der Waals surface area (Å²) in [7, 11) is -10.6. The van der Waals surface area contributed by atoms with Crippen molar-refractivity contribution in [1.82, 2.24) is 24.4 Å². The number of carbonyl (C=O) groups is 3. The topological polar surface area (TPSA) is 256 Å². The lowest BCUT2D eigenvalue weighted by Crippen LogP contribution is -2.43. The first kappa shape index (κ1) is 78.5. The van der Waals surface area contributed by atoms with Gasteiger partial charge < -0.3 is 25.3 Å². The fourth-order valence-corrected chi connectivity index (χ4v) is 14.9. The third kappa shape index (κ3) is 22.0. The standard InChI is InChI=1S/C25H26Cl2N4O4S.C25H22Cl2N4O3S.C23H23Cl2N3O3S/c1-36(33,34)31(11-10-30-12-14-35-15-13-30)19-6-7-20(23(27)17-19)25(32)29-18-5-8-22(26)21(16-18)24-4-2-3-9-28-24;1-35(33,34)31(15-14-30-12-4-5-13-30)19-8-9-20(23(27)17-19)25(32)29-18-7-10-22(26)21(16-18)24-6-2-3-11-28-24;1-15(2)14-28(32(3,30)31)17-8-9-18(21(25)13-17)23(29)27-16-7-10-20(24)19(12-16)22-6-4-5-11-26-22/h2-9,16-17H,10-15H2,1H3,(H,29,32);2-13,16-17H,14-15H2,1H3,(H,29,32);4-13,15H,14H2,1-3H3,(H,27,29). The van der Waals surface area contributed by atoms with Crippen molar-refractivity contribution >= 4 is 152 Å². The van der Waals surface area contributed by atoms with Crippen LogP contribution in [0.15, 0.2) is 207 Å². The van der Waals surface area contributed by atoms with Gasteiger partial charge in [0.2, 0.25) is 30.1 Å². The Morgan fingerprint density at radius 1 is 0.437 bits per heavy atom. The third-order valence-electron chi connectivity index (χ3n) is 15.6. The number of anilines is 6. The van der Waals surface area contributed by atoms with Crippen LogP contribution in [0.25, 0.3) is 33.8 Å². The fraction of sp³-hybridized carbons (Fsp3) is 0.205. The third-order valence-corrected chi connectivity index (χ3v) is 21.1. The maximum atomic E-state index is 13.0. The van der Waals surface area contributed by atoms with Gasteiger partial charge in [-0.05, 0) is 164 Å². The zero-order chi connectivity index (χ0) is 74.2. The van der Waals surface area contributed by atoms with Crippen LogP contribution in [0.3, 0.4) is 0 Å². The molecule has 30 heteroatoms. The highest BCUT2D eigenvalue weighted by molar-refractivity contribution is 7.92. The predicted molar refractivity (Wildman–Crippen MR) is 415 cm³/mol. The maximum absolute atomic E-state index is 13.0. The second-order valence-electron chi connectivity index (χ2n) is 23.8. The van der Waals surface area contributed by atoms with E-state index < -0.39 is 47.8 Å². The van der Waals surface area contributed by atoms with Crippen molar-refractivity contribution in [3.63, 3.8) is 0 Å². The molecule has 0 aliphatic carbocycles. The van der Waals surface area contributed by atoms with Gasteiger partial charge in [-0.2, -0.15) is 0 Å². The minimum absolute atomic E-state index is 0.115. The molecule has 0 radical (unpaired) electrons. The molecule has 11 rings (SSSR count). The van der Waals surface area contributed by atoms with Crippen molar-refractivity contribution < 1.29 is 44.4 Å². The average Bonchev–Trinajstić information content (AvgIpc) is 0.987. The molecule has 0 atom stereocenters. The molecule has 1 aliphatic heterocycles. The van der Waals surface area contributed by atoms with Gasteiger partial charge in [-0.3, -0.25) is 47.2 Å². The first-order valence-corrected chi connectivity index (χ1v) is 39.6. The lowest BCUT2D eigenvalue weighted by molar-refractivity contribution is 0.0395. The number of halogens is 6. The molecule has 0 bridgehead atoms. The number of pyridine rings is 3. The van der Waals surface area contributed by atoms with Crippen LogP contribution in [0.2, 0.25) is 30.1 Å². The lowest BCUT2D eigenvalue weighted by atomic mass is 10.1. The van der Waals surface area contributed by atoms with Crippen molar-refractivity contribution in [3.8, 4) is 33.8 Å². The van der Waals surface area contributed by atoms with E-state index in [4.69, 9.17) is 74.3 Å². The summed E-state index contributed by atoms with van der Waals surface area (Å²) in [6.45, 7) is 8.44. The minimum atomic E-state index is -3.56. The summed E-state index contributed by atoms with van der Waals surface area (Å²) in [5.74, 6) is -1.18. The molecule has 1 aliphatic rings. The Hall–Kier alpha value is -8.63. The summed E-state index contributed by atoms with van der Waals surface area (Å²) in [6, 6.07) is 49.2. The zero-order valence-electron chi connectivity index (χ0n) is 56.2. The van der Waals surface area contributed by atoms with Crippen LogP contribution in [0, 0.1) is 5.92 Å². The fourth-order valence-electron chi connectivity index (χ4n) is 10.6. The van der Waals surface area contributed by atoms with Gasteiger partial charge in [0.1, 0.15) is 0 Å². The van der Waals surface area contributed by atoms with E-state index in [-0.39, 0.29) is 50.8 Å². The van der Waals surface area contributed by atoms with Gasteiger partial charge >= 0.3 is 0 Å². The van der Waals surface area contributed by atoms with Crippen molar-refractivity contribution in [1.29, 1.82) is 0 Å². The number of ether oxygens (including phenoxy) is 1. The Bertz CT molecular complexity index is 5000. The van der Waals surface area contributed by atoms with Gasteiger partial charge in [0.15, 0.2) is 0 Å². The number of aromatic nitrogens is 4. The van der Waals surface area contributed by atoms with E-state index in [1.54, 1.807) is 104 Å². The molecular weight excluding hydrogens is 1500 g/mol. The van der Waals surface area contributed by atoms with E-state index in [9.17, 15) is 39.6 Å². The number of rotatable bonds is 23. The first-order chi connectivity index (χ1) is 49.0. The highest BCUT2D eigenvalue weighted by Crippen LogP contribution is 2.35. The molecule has 5 heterocycles. The van der Waals surface area contributed by atoms with Crippen molar-refractivity contribution in [2.45, 2.75) is 20.4 Å². The van der Waals surface area contributed by atoms with Crippen molar-refractivity contribution in [2.24, 2.45) is 5.92 Å². The maximum Gasteiger partial charge on any atom is 0.257 e. The SMILES string of the molecule is CC(C)CN(c1ccc(C(=O)Nc2ccc(Cl)c(-c3ccccn3)c2)c(Cl)c1)S(C)(=O)=O.CS(=O)(=O)N(CCN1CCOCC1)c1ccc(C(=O)Nc2ccc(Cl)c(-c3ccccn3)c2)c(Cl)c1.CS(=O)(=O)N(CCn1cccc1)c1ccc(C(=O)Nc2ccc(Cl)c(-c3ccccn3)c2)c(Cl)c1. The highest BCUT2D eigenvalue weighted by Gasteiger charge is 2.26. The van der Waals surface area contributed by atoms with Crippen LogP contribution >= 0.6 is 69.6 Å². The monoisotopic (exact) mass is 1570 g/mol. The largest absolute Gasteiger partial charge is 0.379 e. The number of hydrogen-bond acceptors (Lipinski definition) is 14. The molecule has 0 spiro atoms. The van der Waals surface area contributed by atoms with Gasteiger partial charge in [-0.15, -0.1) is 0 Å². The Morgan fingerprint density at radius 2 is 0.777 bits per heavy atom. The smallest absolute Gasteiger partial charge is 0.257 e. The molecule has 3 amide bonds. The van der Waals surface area contributed by atoms with Crippen LogP contribution in [0.5, 0.6) is 0 Å². The summed E-state index contributed by atoms with van der Waals surface area (Å²) >= 11 is 38.2. The van der Waals surface area contributed by atoms with Crippen molar-refractivity contribution in [3.05, 3.63) is 254 Å². The molecule has 0 unspecified atom stereocenters. The van der Waals surface area contributed by atoms with Crippen LogP contribution < -0.4 is 28.9 Å². The number of sulfonamides is 3. The molecule has 4 aromatic heterocycles. The summed E-state index contributed by atoms with van der Waals surface area (Å²) in [4.78, 5) is 53.8. The number of amides is 3. The van der Waals surface area contributed by atoms with E-state index in [1.807, 2.05) is 85.4 Å². The van der Waals surface area contributed by atoms with E-state index in [0.29, 0.717) is 116 Å². The van der Waals surface area contributed by atoms with E-state index in [0.717, 1.165) is 31.9 Å². The summed E-state index contributed by atoms with van der Waals surface area (Å²) in [6.07, 6.45) is 12.1. The van der Waals surface area contributed by atoms with Gasteiger partial charge in [-0.1, -0.05) is 102 Å². The predicted octanol–water partition coefficient (Wildman–Crippen LogP) is 15.7. The van der Waals surface area contributed by atoms with Crippen LogP contribution in [0.4, 0.5) is 34.1 Å². The number of carbonyl (C=O) groups excluding carboxylic acids is 3. The van der Waals surface area contributed by atoms with Crippen LogP contribution in [0.1, 0.15) is 44.9 Å². The summed E-state index contributed by atoms with van der Waals surface area (Å²) in [5, 5.41) is 10.4. The molecule has 103 heavy (non-hydrogen) atoms. The Kier molecular flexibility index (Phi) is 27.2. The molecule has 0 saturated carbocycles. The molecule has 1 fully saturated rings. The van der Waals surface area contributed by atoms with Gasteiger partial charge in [-0.25, -0.2) is 25.3 Å². The van der Waals surface area contributed by atoms with Crippen molar-refractivity contribution in [2.75, 3.05) is 100 Å². The minimum Gasteiger partial charge on any atom is -0.379 e. The number of morpholine rings is 1. The van der Waals surface area contributed by atoms with E-state index >= 15 is 0 Å². The summed E-state index contributed by atoms with van der Waals surface area (Å²) in [5.41, 5.74) is 7.49. The Balaban J connectivity index is 0.000000180. The molecule has 3 N–H and O–H groups in total. The highest BCUT2D eigenvalue weighted by atomic mass is 35.5. The zero-order valence-corrected chi connectivity index (χ0v) is 63.2. The number of nitrogens with zero attached hydrogens (tertiary/aromatic N) is 8. The second kappa shape index (κ2) is 35.7. The second-order valence-corrected chi connectivity index (χ2v) is 32.0. The number of nitrogens with one attached hydrogen (secondary N) is 3.